The third-order valence-electron chi connectivity index (χ3n) is 5.57. The average molecular weight is 420 g/mol. The number of hydrogen-bond donors (Lipinski definition) is 1. The first-order valence-corrected chi connectivity index (χ1v) is 11.1. The monoisotopic (exact) mass is 419 g/mol. The van der Waals surface area contributed by atoms with Crippen molar-refractivity contribution in [2.45, 2.75) is 20.3 Å². The van der Waals surface area contributed by atoms with Gasteiger partial charge in [0.2, 0.25) is 0 Å². The predicted molar refractivity (Wildman–Crippen MR) is 120 cm³/mol. The highest BCUT2D eigenvalue weighted by Crippen LogP contribution is 2.38. The normalized spacial score (nSPS) is 16.0. The van der Waals surface area contributed by atoms with Gasteiger partial charge in [0.1, 0.15) is 17.2 Å². The molecule has 0 unspecified atom stereocenters. The van der Waals surface area contributed by atoms with Crippen molar-refractivity contribution in [3.8, 4) is 5.75 Å². The molecule has 0 amide bonds. The van der Waals surface area contributed by atoms with Gasteiger partial charge >= 0.3 is 0 Å². The molecule has 0 radical (unpaired) electrons. The molecule has 0 atom stereocenters. The zero-order valence-electron chi connectivity index (χ0n) is 18.0. The van der Waals surface area contributed by atoms with Crippen molar-refractivity contribution >= 4 is 33.5 Å². The number of nitrogen functional groups attached to an aromatic ring is 1. The molecule has 3 heterocycles. The molecule has 7 nitrogen and oxygen atoms in total. The first-order chi connectivity index (χ1) is 13.9. The van der Waals surface area contributed by atoms with Crippen LogP contribution in [0.25, 0.3) is 10.2 Å². The summed E-state index contributed by atoms with van der Waals surface area (Å²) in [7, 11) is 4.26. The van der Waals surface area contributed by atoms with Crippen LogP contribution in [0.5, 0.6) is 5.75 Å². The number of carbonyl (C=O) groups is 1. The van der Waals surface area contributed by atoms with E-state index in [1.807, 2.05) is 13.8 Å². The standard InChI is InChI=1S/C21H33N5O2S/c1-15-18-19(22)17(14-27)29-21(18)23-16(2)20(15)28-13-12-26-10-8-25(9-11-26)7-5-6-24(3)4/h14H,5-13,22H2,1-4H3. The van der Waals surface area contributed by atoms with Crippen LogP contribution in [0.3, 0.4) is 0 Å². The van der Waals surface area contributed by atoms with Crippen molar-refractivity contribution in [2.75, 3.05) is 72.2 Å². The molecule has 0 aliphatic carbocycles. The topological polar surface area (TPSA) is 74.9 Å². The van der Waals surface area contributed by atoms with Gasteiger partial charge in [0, 0.05) is 43.7 Å². The molecule has 2 N–H and O–H groups in total. The Balaban J connectivity index is 1.52. The van der Waals surface area contributed by atoms with Crippen LogP contribution < -0.4 is 10.5 Å². The minimum absolute atomic E-state index is 0.514. The second-order valence-electron chi connectivity index (χ2n) is 8.02. The molecule has 1 saturated heterocycles. The highest BCUT2D eigenvalue weighted by molar-refractivity contribution is 7.20. The number of hydrogen-bond acceptors (Lipinski definition) is 8. The molecule has 0 bridgehead atoms. The Kier molecular flexibility index (Phi) is 7.45. The van der Waals surface area contributed by atoms with Crippen LogP contribution in [0.1, 0.15) is 27.3 Å². The highest BCUT2D eigenvalue weighted by atomic mass is 32.1. The minimum Gasteiger partial charge on any atom is -0.490 e. The number of carbonyl (C=O) groups excluding carboxylic acids is 1. The zero-order chi connectivity index (χ0) is 21.0. The van der Waals surface area contributed by atoms with Gasteiger partial charge in [-0.15, -0.1) is 11.3 Å². The van der Waals surface area contributed by atoms with Gasteiger partial charge in [-0.2, -0.15) is 0 Å². The van der Waals surface area contributed by atoms with Crippen molar-refractivity contribution < 1.29 is 9.53 Å². The largest absolute Gasteiger partial charge is 0.490 e. The molecule has 3 rings (SSSR count). The molecule has 0 saturated carbocycles. The zero-order valence-corrected chi connectivity index (χ0v) is 18.8. The Bertz CT molecular complexity index is 843. The fraction of sp³-hybridized carbons (Fsp3) is 0.619. The molecule has 1 fully saturated rings. The number of aryl methyl sites for hydroxylation is 2. The number of aromatic nitrogens is 1. The maximum absolute atomic E-state index is 11.2. The van der Waals surface area contributed by atoms with Crippen LogP contribution in [0, 0.1) is 13.8 Å². The van der Waals surface area contributed by atoms with Crippen LogP contribution >= 0.6 is 11.3 Å². The number of nitrogens with two attached hydrogens (primary N) is 1. The third kappa shape index (κ3) is 5.25. The first kappa shape index (κ1) is 22.0. The Morgan fingerprint density at radius 1 is 1.17 bits per heavy atom. The number of piperazine rings is 1. The van der Waals surface area contributed by atoms with Gasteiger partial charge in [-0.25, -0.2) is 4.98 Å². The molecule has 1 aliphatic rings. The number of pyridine rings is 1. The predicted octanol–water partition coefficient (Wildman–Crippen LogP) is 2.26. The summed E-state index contributed by atoms with van der Waals surface area (Å²) in [4.78, 5) is 24.4. The number of nitrogens with zero attached hydrogens (tertiary/aromatic N) is 4. The van der Waals surface area contributed by atoms with E-state index in [2.05, 4.69) is 33.8 Å². The fourth-order valence-corrected chi connectivity index (χ4v) is 4.92. The van der Waals surface area contributed by atoms with E-state index in [-0.39, 0.29) is 0 Å². The summed E-state index contributed by atoms with van der Waals surface area (Å²) in [6.07, 6.45) is 2.03. The van der Waals surface area contributed by atoms with Gasteiger partial charge in [0.15, 0.2) is 6.29 Å². The van der Waals surface area contributed by atoms with E-state index >= 15 is 0 Å². The Hall–Kier alpha value is -1.74. The van der Waals surface area contributed by atoms with Gasteiger partial charge in [0.05, 0.1) is 16.3 Å². The van der Waals surface area contributed by atoms with Crippen LogP contribution in [0.2, 0.25) is 0 Å². The molecule has 0 aromatic carbocycles. The summed E-state index contributed by atoms with van der Waals surface area (Å²) < 4.78 is 6.13. The number of thiophene rings is 1. The Labute approximate surface area is 177 Å². The minimum atomic E-state index is 0.514. The van der Waals surface area contributed by atoms with E-state index < -0.39 is 0 Å². The molecule has 2 aromatic rings. The van der Waals surface area contributed by atoms with Crippen molar-refractivity contribution in [3.05, 3.63) is 16.1 Å². The lowest BCUT2D eigenvalue weighted by Gasteiger charge is -2.34. The Morgan fingerprint density at radius 2 is 1.83 bits per heavy atom. The number of aldehydes is 1. The maximum atomic E-state index is 11.2. The van der Waals surface area contributed by atoms with Gasteiger partial charge in [-0.3, -0.25) is 9.69 Å². The van der Waals surface area contributed by atoms with E-state index in [1.54, 1.807) is 0 Å². The third-order valence-corrected chi connectivity index (χ3v) is 6.60. The average Bonchev–Trinajstić information content (AvgIpc) is 3.00. The van der Waals surface area contributed by atoms with Crippen molar-refractivity contribution in [2.24, 2.45) is 0 Å². The number of fused-ring (bicyclic) bond motifs is 1. The van der Waals surface area contributed by atoms with Gasteiger partial charge in [-0.1, -0.05) is 0 Å². The van der Waals surface area contributed by atoms with E-state index in [4.69, 9.17) is 10.5 Å². The SMILES string of the molecule is Cc1nc2sc(C=O)c(N)c2c(C)c1OCCN1CCN(CCCN(C)C)CC1. The maximum Gasteiger partial charge on any atom is 0.162 e. The molecule has 29 heavy (non-hydrogen) atoms. The summed E-state index contributed by atoms with van der Waals surface area (Å²) in [5.74, 6) is 0.793. The highest BCUT2D eigenvalue weighted by Gasteiger charge is 2.19. The van der Waals surface area contributed by atoms with Crippen LogP contribution in [0.15, 0.2) is 0 Å². The van der Waals surface area contributed by atoms with Crippen molar-refractivity contribution in [1.29, 1.82) is 0 Å². The van der Waals surface area contributed by atoms with E-state index in [0.717, 1.165) is 72.8 Å². The summed E-state index contributed by atoms with van der Waals surface area (Å²) in [6, 6.07) is 0. The second kappa shape index (κ2) is 9.84. The molecular weight excluding hydrogens is 386 g/mol. The van der Waals surface area contributed by atoms with E-state index in [1.165, 1.54) is 24.3 Å². The lowest BCUT2D eigenvalue weighted by atomic mass is 10.1. The summed E-state index contributed by atoms with van der Waals surface area (Å²) in [5, 5.41) is 0.851. The lowest BCUT2D eigenvalue weighted by molar-refractivity contribution is 0.112. The fourth-order valence-electron chi connectivity index (χ4n) is 3.90. The van der Waals surface area contributed by atoms with E-state index in [9.17, 15) is 4.79 Å². The number of rotatable bonds is 9. The second-order valence-corrected chi connectivity index (χ2v) is 9.05. The van der Waals surface area contributed by atoms with Crippen LogP contribution in [-0.2, 0) is 0 Å². The summed E-state index contributed by atoms with van der Waals surface area (Å²) in [6.45, 7) is 12.2. The van der Waals surface area contributed by atoms with Crippen LogP contribution in [-0.4, -0.2) is 92.5 Å². The summed E-state index contributed by atoms with van der Waals surface area (Å²) in [5.41, 5.74) is 8.48. The van der Waals surface area contributed by atoms with Gasteiger partial charge in [-0.05, 0) is 47.5 Å². The van der Waals surface area contributed by atoms with Gasteiger partial charge in [0.25, 0.3) is 0 Å². The smallest absolute Gasteiger partial charge is 0.162 e. The molecule has 1 aliphatic heterocycles. The van der Waals surface area contributed by atoms with Gasteiger partial charge < -0.3 is 20.3 Å². The molecular formula is C21H33N5O2S. The molecule has 160 valence electrons. The van der Waals surface area contributed by atoms with Crippen LogP contribution in [0.4, 0.5) is 5.69 Å². The first-order valence-electron chi connectivity index (χ1n) is 10.3. The van der Waals surface area contributed by atoms with E-state index in [0.29, 0.717) is 17.2 Å². The Morgan fingerprint density at radius 3 is 2.45 bits per heavy atom. The quantitative estimate of drug-likeness (QED) is 0.625. The van der Waals surface area contributed by atoms with Crippen molar-refractivity contribution in [3.63, 3.8) is 0 Å². The molecule has 8 heteroatoms. The summed E-state index contributed by atoms with van der Waals surface area (Å²) >= 11 is 1.34. The lowest BCUT2D eigenvalue weighted by Crippen LogP contribution is -2.47. The molecule has 2 aromatic heterocycles. The van der Waals surface area contributed by atoms with Crippen molar-refractivity contribution in [1.82, 2.24) is 19.7 Å². The molecule has 0 spiro atoms. The number of ether oxygens (including phenoxy) is 1. The number of anilines is 1.